The van der Waals surface area contributed by atoms with Crippen LogP contribution in [0, 0.1) is 0 Å². The summed E-state index contributed by atoms with van der Waals surface area (Å²) in [4.78, 5) is 0. The minimum atomic E-state index is 0.628. The van der Waals surface area contributed by atoms with Crippen molar-refractivity contribution in [3.8, 4) is 22.8 Å². The van der Waals surface area contributed by atoms with Crippen molar-refractivity contribution in [3.63, 3.8) is 0 Å². The molecule has 8 nitrogen and oxygen atoms in total. The summed E-state index contributed by atoms with van der Waals surface area (Å²) < 4.78 is 0. The molecule has 0 unspecified atom stereocenters. The van der Waals surface area contributed by atoms with Crippen LogP contribution in [0.15, 0.2) is 109 Å². The van der Waals surface area contributed by atoms with Crippen LogP contribution in [0.1, 0.15) is 22.3 Å². The highest BCUT2D eigenvalue weighted by Gasteiger charge is 2.17. The van der Waals surface area contributed by atoms with E-state index in [1.54, 1.807) is 0 Å². The maximum absolute atomic E-state index is 4.04. The average Bonchev–Trinajstić information content (AvgIpc) is 3.68. The monoisotopic (exact) mass is 468 g/mol. The molecule has 0 aliphatic rings. The lowest BCUT2D eigenvalue weighted by atomic mass is 9.85. The standard InChI is InChI=1S/C28H20N8/c1-3-7-19(8-4-1)25(20-9-5-2-6-10-20)26(21-11-15-23(16-12-21)27-29-33-34-30-27)22-13-17-24(18-14-22)28-31-35-36-32-28/h1-18H,(H,29,30,33,34)(H,31,32,35,36). The van der Waals surface area contributed by atoms with Crippen LogP contribution in [-0.4, -0.2) is 41.2 Å². The van der Waals surface area contributed by atoms with Crippen molar-refractivity contribution in [3.05, 3.63) is 131 Å². The first-order valence-corrected chi connectivity index (χ1v) is 11.4. The second-order valence-electron chi connectivity index (χ2n) is 8.14. The van der Waals surface area contributed by atoms with Gasteiger partial charge in [-0.25, -0.2) is 10.2 Å². The number of hydrogen-bond donors (Lipinski definition) is 2. The summed E-state index contributed by atoms with van der Waals surface area (Å²) in [5.74, 6) is 1.26. The van der Waals surface area contributed by atoms with Crippen LogP contribution >= 0.6 is 0 Å². The topological polar surface area (TPSA) is 109 Å². The minimum Gasteiger partial charge on any atom is -0.239 e. The summed E-state index contributed by atoms with van der Waals surface area (Å²) >= 11 is 0. The maximum Gasteiger partial charge on any atom is 0.179 e. The predicted octanol–water partition coefficient (Wildman–Crippen LogP) is 5.05. The number of aromatic amines is 2. The number of hydrogen-bond acceptors (Lipinski definition) is 6. The lowest BCUT2D eigenvalue weighted by Crippen LogP contribution is -1.98. The summed E-state index contributed by atoms with van der Waals surface area (Å²) in [6, 6.07) is 37.4. The summed E-state index contributed by atoms with van der Waals surface area (Å²) in [6.45, 7) is 0. The van der Waals surface area contributed by atoms with Gasteiger partial charge in [0.15, 0.2) is 11.6 Å². The van der Waals surface area contributed by atoms with Gasteiger partial charge in [-0.1, -0.05) is 109 Å². The Hall–Kier alpha value is -5.24. The van der Waals surface area contributed by atoms with E-state index in [1.165, 1.54) is 0 Å². The van der Waals surface area contributed by atoms with Gasteiger partial charge in [-0.2, -0.15) is 0 Å². The first-order chi connectivity index (χ1) is 17.9. The van der Waals surface area contributed by atoms with Crippen molar-refractivity contribution in [2.75, 3.05) is 0 Å². The lowest BCUT2D eigenvalue weighted by Gasteiger charge is -2.18. The minimum absolute atomic E-state index is 0.628. The number of aromatic nitrogens is 8. The summed E-state index contributed by atoms with van der Waals surface area (Å²) in [6.07, 6.45) is 0. The van der Waals surface area contributed by atoms with Gasteiger partial charge in [0.05, 0.1) is 0 Å². The number of tetrazole rings is 2. The fourth-order valence-corrected chi connectivity index (χ4v) is 4.27. The van der Waals surface area contributed by atoms with Crippen molar-refractivity contribution in [2.45, 2.75) is 0 Å². The quantitative estimate of drug-likeness (QED) is 0.331. The van der Waals surface area contributed by atoms with E-state index >= 15 is 0 Å². The number of benzene rings is 4. The molecule has 0 radical (unpaired) electrons. The van der Waals surface area contributed by atoms with Gasteiger partial charge in [0, 0.05) is 11.1 Å². The van der Waals surface area contributed by atoms with Crippen molar-refractivity contribution < 1.29 is 0 Å². The molecular weight excluding hydrogens is 448 g/mol. The van der Waals surface area contributed by atoms with Gasteiger partial charge in [0.2, 0.25) is 0 Å². The normalized spacial score (nSPS) is 10.8. The van der Waals surface area contributed by atoms with Gasteiger partial charge < -0.3 is 0 Å². The van der Waals surface area contributed by atoms with Crippen molar-refractivity contribution in [1.82, 2.24) is 41.2 Å². The SMILES string of the molecule is c1ccc(C(=C(c2ccc(-c3nnn[nH]3)cc2)c2ccc(-c3nnn[nH]3)cc2)c2ccccc2)cc1. The summed E-state index contributed by atoms with van der Waals surface area (Å²) in [5.41, 5.74) is 8.48. The molecular formula is C28H20N8. The van der Waals surface area contributed by atoms with Gasteiger partial charge in [0.25, 0.3) is 0 Å². The Kier molecular flexibility index (Phi) is 5.65. The molecule has 0 aliphatic carbocycles. The third-order valence-electron chi connectivity index (χ3n) is 5.96. The molecule has 2 aromatic heterocycles. The molecule has 6 aromatic rings. The van der Waals surface area contributed by atoms with E-state index in [1.807, 2.05) is 36.4 Å². The predicted molar refractivity (Wildman–Crippen MR) is 137 cm³/mol. The molecule has 0 saturated heterocycles. The number of rotatable bonds is 6. The Balaban J connectivity index is 1.57. The second-order valence-corrected chi connectivity index (χ2v) is 8.14. The van der Waals surface area contributed by atoms with Crippen LogP contribution in [0.3, 0.4) is 0 Å². The fourth-order valence-electron chi connectivity index (χ4n) is 4.27. The third kappa shape index (κ3) is 4.19. The number of nitrogens with one attached hydrogen (secondary N) is 2. The second kappa shape index (κ2) is 9.55. The Morgan fingerprint density at radius 3 is 1.11 bits per heavy atom. The highest BCUT2D eigenvalue weighted by atomic mass is 15.5. The maximum atomic E-state index is 4.04. The molecule has 2 N–H and O–H groups in total. The number of H-pyrrole nitrogens is 2. The van der Waals surface area contributed by atoms with Crippen molar-refractivity contribution in [2.24, 2.45) is 0 Å². The largest absolute Gasteiger partial charge is 0.239 e. The van der Waals surface area contributed by atoms with Crippen LogP contribution in [0.2, 0.25) is 0 Å². The molecule has 0 saturated carbocycles. The molecule has 8 heteroatoms. The van der Waals surface area contributed by atoms with E-state index in [4.69, 9.17) is 0 Å². The van der Waals surface area contributed by atoms with Crippen molar-refractivity contribution >= 4 is 11.1 Å². The zero-order chi connectivity index (χ0) is 24.2. The zero-order valence-electron chi connectivity index (χ0n) is 19.1. The van der Waals surface area contributed by atoms with Gasteiger partial charge >= 0.3 is 0 Å². The van der Waals surface area contributed by atoms with E-state index in [-0.39, 0.29) is 0 Å². The highest BCUT2D eigenvalue weighted by Crippen LogP contribution is 2.37. The van der Waals surface area contributed by atoms with E-state index in [9.17, 15) is 0 Å². The van der Waals surface area contributed by atoms with Gasteiger partial charge in [-0.15, -0.1) is 10.2 Å². The first-order valence-electron chi connectivity index (χ1n) is 11.4. The molecule has 4 aromatic carbocycles. The van der Waals surface area contributed by atoms with Gasteiger partial charge in [-0.3, -0.25) is 0 Å². The molecule has 0 atom stereocenters. The van der Waals surface area contributed by atoms with Crippen LogP contribution in [0.4, 0.5) is 0 Å². The Morgan fingerprint density at radius 1 is 0.417 bits per heavy atom. The first kappa shape index (κ1) is 21.3. The molecule has 0 bridgehead atoms. The Bertz CT molecular complexity index is 1450. The van der Waals surface area contributed by atoms with E-state index in [2.05, 4.69) is 114 Å². The summed E-state index contributed by atoms with van der Waals surface area (Å²) in [5, 5.41) is 28.5. The van der Waals surface area contributed by atoms with E-state index in [0.29, 0.717) is 11.6 Å². The zero-order valence-corrected chi connectivity index (χ0v) is 19.1. The van der Waals surface area contributed by atoms with Crippen molar-refractivity contribution in [1.29, 1.82) is 0 Å². The number of nitrogens with zero attached hydrogens (tertiary/aromatic N) is 6. The smallest absolute Gasteiger partial charge is 0.179 e. The van der Waals surface area contributed by atoms with Crippen LogP contribution in [-0.2, 0) is 0 Å². The molecule has 6 rings (SSSR count). The van der Waals surface area contributed by atoms with E-state index in [0.717, 1.165) is 44.5 Å². The average molecular weight is 469 g/mol. The molecule has 0 amide bonds. The highest BCUT2D eigenvalue weighted by molar-refractivity contribution is 6.04. The van der Waals surface area contributed by atoms with Gasteiger partial charge in [-0.05, 0) is 54.3 Å². The van der Waals surface area contributed by atoms with Crippen LogP contribution in [0.25, 0.3) is 33.9 Å². The molecule has 0 spiro atoms. The molecule has 0 aliphatic heterocycles. The third-order valence-corrected chi connectivity index (χ3v) is 5.96. The lowest BCUT2D eigenvalue weighted by molar-refractivity contribution is 0.881. The summed E-state index contributed by atoms with van der Waals surface area (Å²) in [7, 11) is 0. The van der Waals surface area contributed by atoms with E-state index < -0.39 is 0 Å². The Morgan fingerprint density at radius 2 is 0.778 bits per heavy atom. The Labute approximate surface area is 206 Å². The molecule has 36 heavy (non-hydrogen) atoms. The molecule has 2 heterocycles. The van der Waals surface area contributed by atoms with Crippen LogP contribution < -0.4 is 0 Å². The molecule has 172 valence electrons. The van der Waals surface area contributed by atoms with Gasteiger partial charge in [0.1, 0.15) is 0 Å². The fraction of sp³-hybridized carbons (Fsp3) is 0. The molecule has 0 fully saturated rings. The van der Waals surface area contributed by atoms with Crippen LogP contribution in [0.5, 0.6) is 0 Å².